The van der Waals surface area contributed by atoms with Gasteiger partial charge in [0.05, 0.1) is 7.11 Å². The Kier molecular flexibility index (Phi) is 5.17. The van der Waals surface area contributed by atoms with Gasteiger partial charge >= 0.3 is 12.1 Å². The Balaban J connectivity index is 1.75. The number of sulfonamides is 1. The van der Waals surface area contributed by atoms with Gasteiger partial charge < -0.3 is 9.15 Å². The predicted molar refractivity (Wildman–Crippen MR) is 87.8 cm³/mol. The van der Waals surface area contributed by atoms with E-state index in [0.717, 1.165) is 5.56 Å². The Hall–Kier alpha value is -2.14. The van der Waals surface area contributed by atoms with Crippen molar-refractivity contribution in [3.8, 4) is 5.75 Å². The molecule has 0 atom stereocenters. The number of benzene rings is 1. The van der Waals surface area contributed by atoms with Crippen LogP contribution in [0.5, 0.6) is 5.75 Å². The Bertz CT molecular complexity index is 919. The molecule has 27 heavy (non-hydrogen) atoms. The van der Waals surface area contributed by atoms with E-state index in [1.807, 2.05) is 0 Å². The van der Waals surface area contributed by atoms with Crippen LogP contribution in [0.25, 0.3) is 0 Å². The lowest BCUT2D eigenvalue weighted by molar-refractivity contribution is -0.157. The third-order valence-electron chi connectivity index (χ3n) is 4.42. The van der Waals surface area contributed by atoms with Crippen molar-refractivity contribution in [2.75, 3.05) is 20.2 Å². The number of methoxy groups -OCH3 is 1. The van der Waals surface area contributed by atoms with Crippen LogP contribution in [0.3, 0.4) is 0 Å². The average molecular weight is 405 g/mol. The minimum atomic E-state index is -4.70. The topological polar surface area (TPSA) is 85.5 Å². The van der Waals surface area contributed by atoms with E-state index < -0.39 is 28.0 Å². The number of hydrogen-bond acceptors (Lipinski definition) is 6. The van der Waals surface area contributed by atoms with Gasteiger partial charge in [-0.3, -0.25) is 0 Å². The minimum Gasteiger partial charge on any atom is -0.495 e. The lowest BCUT2D eigenvalue weighted by Crippen LogP contribution is -2.38. The summed E-state index contributed by atoms with van der Waals surface area (Å²) in [7, 11) is -2.40. The number of aryl methyl sites for hydroxylation is 1. The maximum absolute atomic E-state index is 12.9. The SMILES string of the molecule is COc1ccc(C)cc1S(=O)(=O)N1CCC(c2nnc(C(F)(F)F)o2)CC1. The van der Waals surface area contributed by atoms with Gasteiger partial charge in [0.25, 0.3) is 0 Å². The second kappa shape index (κ2) is 7.12. The summed E-state index contributed by atoms with van der Waals surface area (Å²) in [6.45, 7) is 2.04. The molecule has 148 valence electrons. The van der Waals surface area contributed by atoms with Crippen LogP contribution >= 0.6 is 0 Å². The Morgan fingerprint density at radius 1 is 1.22 bits per heavy atom. The van der Waals surface area contributed by atoms with Gasteiger partial charge in [0, 0.05) is 19.0 Å². The number of alkyl halides is 3. The van der Waals surface area contributed by atoms with Gasteiger partial charge in [-0.25, -0.2) is 8.42 Å². The quantitative estimate of drug-likeness (QED) is 0.778. The third kappa shape index (κ3) is 3.93. The van der Waals surface area contributed by atoms with Gasteiger partial charge in [-0.05, 0) is 37.5 Å². The smallest absolute Gasteiger partial charge is 0.470 e. The Morgan fingerprint density at radius 3 is 2.44 bits per heavy atom. The van der Waals surface area contributed by atoms with Crippen molar-refractivity contribution in [3.63, 3.8) is 0 Å². The molecule has 1 aliphatic heterocycles. The first kappa shape index (κ1) is 19.6. The van der Waals surface area contributed by atoms with Crippen LogP contribution in [-0.2, 0) is 16.2 Å². The zero-order valence-corrected chi connectivity index (χ0v) is 15.5. The standard InChI is InChI=1S/C16H18F3N3O4S/c1-10-3-4-12(25-2)13(9-10)27(23,24)22-7-5-11(6-8-22)14-20-21-15(26-14)16(17,18)19/h3-4,9,11H,5-8H2,1-2H3. The molecule has 1 fully saturated rings. The second-order valence-corrected chi connectivity index (χ2v) is 8.18. The van der Waals surface area contributed by atoms with Crippen molar-refractivity contribution in [2.45, 2.75) is 36.8 Å². The zero-order valence-electron chi connectivity index (χ0n) is 14.7. The first-order chi connectivity index (χ1) is 12.6. The first-order valence-corrected chi connectivity index (χ1v) is 9.62. The van der Waals surface area contributed by atoms with Gasteiger partial charge in [0.1, 0.15) is 10.6 Å². The summed E-state index contributed by atoms with van der Waals surface area (Å²) in [5.41, 5.74) is 0.773. The van der Waals surface area contributed by atoms with E-state index in [9.17, 15) is 21.6 Å². The van der Waals surface area contributed by atoms with Crippen molar-refractivity contribution in [1.29, 1.82) is 0 Å². The van der Waals surface area contributed by atoms with E-state index in [-0.39, 0.29) is 42.5 Å². The number of rotatable bonds is 4. The summed E-state index contributed by atoms with van der Waals surface area (Å²) in [6.07, 6.45) is -4.13. The van der Waals surface area contributed by atoms with E-state index in [2.05, 4.69) is 10.2 Å². The van der Waals surface area contributed by atoms with Gasteiger partial charge in [-0.2, -0.15) is 17.5 Å². The molecule has 2 heterocycles. The van der Waals surface area contributed by atoms with Gasteiger partial charge in [0.15, 0.2) is 0 Å². The highest BCUT2D eigenvalue weighted by atomic mass is 32.2. The highest BCUT2D eigenvalue weighted by Gasteiger charge is 2.40. The summed E-state index contributed by atoms with van der Waals surface area (Å²) >= 11 is 0. The van der Waals surface area contributed by atoms with Crippen LogP contribution in [0.15, 0.2) is 27.5 Å². The monoisotopic (exact) mass is 405 g/mol. The second-order valence-electron chi connectivity index (χ2n) is 6.28. The van der Waals surface area contributed by atoms with Crippen molar-refractivity contribution < 1.29 is 30.7 Å². The van der Waals surface area contributed by atoms with Crippen LogP contribution in [0.4, 0.5) is 13.2 Å². The summed E-state index contributed by atoms with van der Waals surface area (Å²) in [4.78, 5) is 0.0700. The zero-order chi connectivity index (χ0) is 19.8. The van der Waals surface area contributed by atoms with Crippen molar-refractivity contribution in [1.82, 2.24) is 14.5 Å². The van der Waals surface area contributed by atoms with Crippen LogP contribution in [0.1, 0.15) is 36.1 Å². The van der Waals surface area contributed by atoms with Gasteiger partial charge in [-0.15, -0.1) is 10.2 Å². The maximum Gasteiger partial charge on any atom is 0.470 e. The molecular formula is C16H18F3N3O4S. The fraction of sp³-hybridized carbons (Fsp3) is 0.500. The van der Waals surface area contributed by atoms with E-state index in [1.54, 1.807) is 19.1 Å². The highest BCUT2D eigenvalue weighted by Crippen LogP contribution is 2.35. The molecule has 0 radical (unpaired) electrons. The molecular weight excluding hydrogens is 387 g/mol. The van der Waals surface area contributed by atoms with Crippen LogP contribution < -0.4 is 4.74 Å². The highest BCUT2D eigenvalue weighted by molar-refractivity contribution is 7.89. The summed E-state index contributed by atoms with van der Waals surface area (Å²) in [6, 6.07) is 4.87. The van der Waals surface area contributed by atoms with E-state index in [0.29, 0.717) is 0 Å². The number of hydrogen-bond donors (Lipinski definition) is 0. The number of piperidine rings is 1. The fourth-order valence-electron chi connectivity index (χ4n) is 2.98. The molecule has 2 aromatic rings. The molecule has 3 rings (SSSR count). The Labute approximate surface area is 154 Å². The summed E-state index contributed by atoms with van der Waals surface area (Å²) in [5, 5.41) is 6.49. The molecule has 1 saturated heterocycles. The third-order valence-corrected chi connectivity index (χ3v) is 6.34. The number of ether oxygens (including phenoxy) is 1. The minimum absolute atomic E-state index is 0.0700. The molecule has 0 spiro atoms. The largest absolute Gasteiger partial charge is 0.495 e. The molecule has 0 aliphatic carbocycles. The van der Waals surface area contributed by atoms with Crippen LogP contribution in [0, 0.1) is 6.92 Å². The van der Waals surface area contributed by atoms with E-state index in [4.69, 9.17) is 9.15 Å². The molecule has 1 aliphatic rings. The molecule has 1 aromatic carbocycles. The molecule has 0 saturated carbocycles. The molecule has 11 heteroatoms. The Morgan fingerprint density at radius 2 is 1.89 bits per heavy atom. The first-order valence-electron chi connectivity index (χ1n) is 8.18. The molecule has 0 N–H and O–H groups in total. The lowest BCUT2D eigenvalue weighted by Gasteiger charge is -2.30. The molecule has 0 bridgehead atoms. The molecule has 0 amide bonds. The van der Waals surface area contributed by atoms with Gasteiger partial charge in [0.2, 0.25) is 15.9 Å². The number of nitrogens with zero attached hydrogens (tertiary/aromatic N) is 3. The van der Waals surface area contributed by atoms with Crippen molar-refractivity contribution >= 4 is 10.0 Å². The predicted octanol–water partition coefficient (Wildman–Crippen LogP) is 2.97. The molecule has 0 unspecified atom stereocenters. The molecule has 1 aromatic heterocycles. The maximum atomic E-state index is 12.9. The number of halogens is 3. The van der Waals surface area contributed by atoms with Crippen molar-refractivity contribution in [3.05, 3.63) is 35.5 Å². The average Bonchev–Trinajstić information content (AvgIpc) is 3.12. The van der Waals surface area contributed by atoms with Crippen molar-refractivity contribution in [2.24, 2.45) is 0 Å². The lowest BCUT2D eigenvalue weighted by atomic mass is 9.98. The number of aromatic nitrogens is 2. The van der Waals surface area contributed by atoms with E-state index in [1.165, 1.54) is 17.5 Å². The van der Waals surface area contributed by atoms with E-state index >= 15 is 0 Å². The fourth-order valence-corrected chi connectivity index (χ4v) is 4.69. The molecule has 7 nitrogen and oxygen atoms in total. The summed E-state index contributed by atoms with van der Waals surface area (Å²) < 4.78 is 74.8. The summed E-state index contributed by atoms with van der Waals surface area (Å²) in [5.74, 6) is -1.68. The van der Waals surface area contributed by atoms with Crippen LogP contribution in [0.2, 0.25) is 0 Å². The normalized spacial score (nSPS) is 17.2. The van der Waals surface area contributed by atoms with Crippen LogP contribution in [-0.4, -0.2) is 43.1 Å². The van der Waals surface area contributed by atoms with Gasteiger partial charge in [-0.1, -0.05) is 6.07 Å².